The topological polar surface area (TPSA) is 102 Å². The Balaban J connectivity index is 2.00. The molecular weight excluding hydrogens is 416 g/mol. The molecule has 0 radical (unpaired) electrons. The molecule has 1 aliphatic heterocycles. The van der Waals surface area contributed by atoms with Crippen molar-refractivity contribution in [3.05, 3.63) is 42.0 Å². The second-order valence-electron chi connectivity index (χ2n) is 6.54. The van der Waals surface area contributed by atoms with Gasteiger partial charge in [-0.25, -0.2) is 16.8 Å². The van der Waals surface area contributed by atoms with Crippen molar-refractivity contribution >= 4 is 31.4 Å². The molecule has 2 aromatic rings. The van der Waals surface area contributed by atoms with Gasteiger partial charge in [-0.3, -0.25) is 9.03 Å². The minimum absolute atomic E-state index is 0.0244. The van der Waals surface area contributed by atoms with E-state index in [1.54, 1.807) is 31.2 Å². The van der Waals surface area contributed by atoms with Gasteiger partial charge in [0.05, 0.1) is 31.3 Å². The fraction of sp³-hybridized carbons (Fsp3) is 0.368. The third-order valence-electron chi connectivity index (χ3n) is 4.77. The van der Waals surface area contributed by atoms with Crippen LogP contribution in [0, 0.1) is 0 Å². The Morgan fingerprint density at radius 1 is 1.03 bits per heavy atom. The van der Waals surface area contributed by atoms with Crippen LogP contribution in [-0.4, -0.2) is 43.4 Å². The van der Waals surface area contributed by atoms with E-state index in [1.807, 2.05) is 0 Å². The number of methoxy groups -OCH3 is 2. The molecule has 158 valence electrons. The van der Waals surface area contributed by atoms with E-state index in [-0.39, 0.29) is 22.1 Å². The van der Waals surface area contributed by atoms with Crippen molar-refractivity contribution in [1.29, 1.82) is 0 Å². The van der Waals surface area contributed by atoms with Gasteiger partial charge in [-0.05, 0) is 49.6 Å². The molecule has 0 saturated heterocycles. The maximum absolute atomic E-state index is 13.0. The summed E-state index contributed by atoms with van der Waals surface area (Å²) in [5, 5.41) is 0. The van der Waals surface area contributed by atoms with Crippen LogP contribution in [0.5, 0.6) is 11.5 Å². The highest BCUT2D eigenvalue weighted by molar-refractivity contribution is 7.93. The fourth-order valence-electron chi connectivity index (χ4n) is 3.25. The zero-order valence-electron chi connectivity index (χ0n) is 16.5. The summed E-state index contributed by atoms with van der Waals surface area (Å²) in [6, 6.07) is 9.43. The van der Waals surface area contributed by atoms with Gasteiger partial charge >= 0.3 is 0 Å². The van der Waals surface area contributed by atoms with Crippen LogP contribution in [0.2, 0.25) is 0 Å². The standard InChI is InChI=1S/C19H24N2O6S2/c1-4-28(22,23)21-11-5-6-14-7-8-15(12-17(14)21)20-29(24,25)19-13-16(26-2)9-10-18(19)27-3/h7-10,12-13,20H,4-6,11H2,1-3H3. The van der Waals surface area contributed by atoms with E-state index >= 15 is 0 Å². The summed E-state index contributed by atoms with van der Waals surface area (Å²) >= 11 is 0. The summed E-state index contributed by atoms with van der Waals surface area (Å²) in [7, 11) is -4.62. The molecule has 1 aliphatic rings. The first-order valence-corrected chi connectivity index (χ1v) is 12.2. The Hall–Kier alpha value is -2.46. The predicted molar refractivity (Wildman–Crippen MR) is 112 cm³/mol. The molecule has 3 rings (SSSR count). The molecular formula is C19H24N2O6S2. The van der Waals surface area contributed by atoms with Gasteiger partial charge in [0.1, 0.15) is 16.4 Å². The number of rotatable bonds is 7. The van der Waals surface area contributed by atoms with Crippen LogP contribution in [-0.2, 0) is 26.5 Å². The normalized spacial score (nSPS) is 14.2. The number of ether oxygens (including phenoxy) is 2. The van der Waals surface area contributed by atoms with Crippen molar-refractivity contribution in [2.45, 2.75) is 24.7 Å². The first-order chi connectivity index (χ1) is 13.7. The molecule has 0 amide bonds. The van der Waals surface area contributed by atoms with Gasteiger partial charge in [0.25, 0.3) is 10.0 Å². The van der Waals surface area contributed by atoms with Crippen molar-refractivity contribution in [3.8, 4) is 11.5 Å². The number of anilines is 2. The largest absolute Gasteiger partial charge is 0.497 e. The maximum Gasteiger partial charge on any atom is 0.265 e. The Morgan fingerprint density at radius 2 is 1.79 bits per heavy atom. The summed E-state index contributed by atoms with van der Waals surface area (Å²) in [5.74, 6) is 0.520. The molecule has 0 aromatic heterocycles. The highest BCUT2D eigenvalue weighted by Gasteiger charge is 2.27. The molecule has 1 N–H and O–H groups in total. The third-order valence-corrected chi connectivity index (χ3v) is 7.96. The van der Waals surface area contributed by atoms with Crippen LogP contribution in [0.1, 0.15) is 18.9 Å². The molecule has 0 spiro atoms. The first kappa shape index (κ1) is 21.3. The quantitative estimate of drug-likeness (QED) is 0.710. The first-order valence-electron chi connectivity index (χ1n) is 9.10. The lowest BCUT2D eigenvalue weighted by atomic mass is 10.0. The number of nitrogens with zero attached hydrogens (tertiary/aromatic N) is 1. The number of fused-ring (bicyclic) bond motifs is 1. The lowest BCUT2D eigenvalue weighted by molar-refractivity contribution is 0.392. The number of aryl methyl sites for hydroxylation is 1. The molecule has 0 bridgehead atoms. The van der Waals surface area contributed by atoms with Gasteiger partial charge in [-0.15, -0.1) is 0 Å². The zero-order valence-corrected chi connectivity index (χ0v) is 18.1. The van der Waals surface area contributed by atoms with Gasteiger partial charge in [-0.1, -0.05) is 6.07 Å². The van der Waals surface area contributed by atoms with E-state index in [9.17, 15) is 16.8 Å². The molecule has 0 saturated carbocycles. The minimum Gasteiger partial charge on any atom is -0.497 e. The molecule has 29 heavy (non-hydrogen) atoms. The van der Waals surface area contributed by atoms with Crippen molar-refractivity contribution in [2.24, 2.45) is 0 Å². The summed E-state index contributed by atoms with van der Waals surface area (Å²) in [5.41, 5.74) is 1.65. The van der Waals surface area contributed by atoms with Crippen molar-refractivity contribution in [2.75, 3.05) is 35.5 Å². The highest BCUT2D eigenvalue weighted by atomic mass is 32.2. The molecule has 0 fully saturated rings. The van der Waals surface area contributed by atoms with Crippen LogP contribution >= 0.6 is 0 Å². The minimum atomic E-state index is -4.00. The van der Waals surface area contributed by atoms with Crippen LogP contribution in [0.25, 0.3) is 0 Å². The van der Waals surface area contributed by atoms with E-state index in [0.29, 0.717) is 18.0 Å². The van der Waals surface area contributed by atoms with Crippen LogP contribution in [0.4, 0.5) is 11.4 Å². The predicted octanol–water partition coefficient (Wildman–Crippen LogP) is 2.61. The van der Waals surface area contributed by atoms with Crippen LogP contribution < -0.4 is 18.5 Å². The Labute approximate surface area is 171 Å². The van der Waals surface area contributed by atoms with Crippen LogP contribution in [0.15, 0.2) is 41.3 Å². The van der Waals surface area contributed by atoms with Crippen molar-refractivity contribution < 1.29 is 26.3 Å². The average molecular weight is 441 g/mol. The van der Waals surface area contributed by atoms with E-state index in [2.05, 4.69) is 4.72 Å². The zero-order chi connectivity index (χ0) is 21.2. The van der Waals surface area contributed by atoms with E-state index < -0.39 is 20.0 Å². The Morgan fingerprint density at radius 3 is 2.45 bits per heavy atom. The summed E-state index contributed by atoms with van der Waals surface area (Å²) in [6.07, 6.45) is 1.46. The van der Waals surface area contributed by atoms with E-state index in [1.165, 1.54) is 30.7 Å². The molecule has 0 aliphatic carbocycles. The summed E-state index contributed by atoms with van der Waals surface area (Å²) in [6.45, 7) is 1.97. The molecule has 0 atom stereocenters. The van der Waals surface area contributed by atoms with Gasteiger partial charge in [0.2, 0.25) is 10.0 Å². The van der Waals surface area contributed by atoms with Gasteiger partial charge < -0.3 is 9.47 Å². The van der Waals surface area contributed by atoms with Crippen LogP contribution in [0.3, 0.4) is 0 Å². The maximum atomic E-state index is 13.0. The second-order valence-corrected chi connectivity index (χ2v) is 10.4. The smallest absolute Gasteiger partial charge is 0.265 e. The lowest BCUT2D eigenvalue weighted by Gasteiger charge is -2.30. The van der Waals surface area contributed by atoms with Gasteiger partial charge in [-0.2, -0.15) is 0 Å². The molecule has 8 nitrogen and oxygen atoms in total. The van der Waals surface area contributed by atoms with E-state index in [4.69, 9.17) is 9.47 Å². The van der Waals surface area contributed by atoms with Crippen molar-refractivity contribution in [1.82, 2.24) is 0 Å². The van der Waals surface area contributed by atoms with Gasteiger partial charge in [0.15, 0.2) is 0 Å². The van der Waals surface area contributed by atoms with E-state index in [0.717, 1.165) is 18.4 Å². The second kappa shape index (κ2) is 8.11. The fourth-order valence-corrected chi connectivity index (χ4v) is 5.68. The number of nitrogens with one attached hydrogen (secondary N) is 1. The summed E-state index contributed by atoms with van der Waals surface area (Å²) in [4.78, 5) is -0.0740. The van der Waals surface area contributed by atoms with Gasteiger partial charge in [0, 0.05) is 12.6 Å². The highest BCUT2D eigenvalue weighted by Crippen LogP contribution is 2.34. The monoisotopic (exact) mass is 440 g/mol. The Bertz CT molecular complexity index is 1110. The Kier molecular flexibility index (Phi) is 5.95. The number of sulfonamides is 2. The number of hydrogen-bond acceptors (Lipinski definition) is 6. The summed E-state index contributed by atoms with van der Waals surface area (Å²) < 4.78 is 65.0. The molecule has 1 heterocycles. The SMILES string of the molecule is CCS(=O)(=O)N1CCCc2ccc(NS(=O)(=O)c3cc(OC)ccc3OC)cc21. The lowest BCUT2D eigenvalue weighted by Crippen LogP contribution is -2.36. The molecule has 2 aromatic carbocycles. The number of benzene rings is 2. The number of hydrogen-bond donors (Lipinski definition) is 1. The molecule has 0 unspecified atom stereocenters. The average Bonchev–Trinajstić information content (AvgIpc) is 2.72. The van der Waals surface area contributed by atoms with Crippen molar-refractivity contribution in [3.63, 3.8) is 0 Å². The third kappa shape index (κ3) is 4.27. The molecule has 10 heteroatoms.